The number of guanidine groups is 1. The average molecular weight is 355 g/mol. The Morgan fingerprint density at radius 2 is 1.83 bits per heavy atom. The first kappa shape index (κ1) is 19.1. The van der Waals surface area contributed by atoms with Crippen LogP contribution in [0.15, 0.2) is 55.2 Å². The number of hydrogen-bond acceptors (Lipinski definition) is 7. The number of esters is 1. The highest BCUT2D eigenvalue weighted by atomic mass is 32.2. The second kappa shape index (κ2) is 8.06. The number of benzene rings is 1. The van der Waals surface area contributed by atoms with Crippen LogP contribution in [-0.2, 0) is 19.6 Å². The topological polar surface area (TPSA) is 170 Å². The van der Waals surface area contributed by atoms with Gasteiger partial charge in [0, 0.05) is 0 Å². The molecule has 130 valence electrons. The largest absolute Gasteiger partial charge is 0.510 e. The van der Waals surface area contributed by atoms with E-state index >= 15 is 0 Å². The number of ether oxygens (including phenoxy) is 1. The number of azo groups is 1. The highest BCUT2D eigenvalue weighted by Gasteiger charge is 2.15. The molecule has 5 N–H and O–H groups in total. The molecule has 24 heavy (non-hydrogen) atoms. The SMILES string of the molecule is CCOC(=O)/C(N=Nc1ccc(S(=O)(=O)N=C(N)N)cc1)=C(/C)O. The van der Waals surface area contributed by atoms with Crippen LogP contribution in [0.3, 0.4) is 0 Å². The molecule has 0 saturated carbocycles. The molecule has 0 heterocycles. The number of nitrogens with two attached hydrogens (primary N) is 2. The fourth-order valence-corrected chi connectivity index (χ4v) is 2.31. The number of sulfonamides is 1. The van der Waals surface area contributed by atoms with Crippen LogP contribution in [0.5, 0.6) is 0 Å². The van der Waals surface area contributed by atoms with E-state index in [-0.39, 0.29) is 28.6 Å². The van der Waals surface area contributed by atoms with Crippen molar-refractivity contribution in [3.63, 3.8) is 0 Å². The molecular formula is C13H17N5O5S. The van der Waals surface area contributed by atoms with E-state index in [1.54, 1.807) is 6.92 Å². The normalized spacial score (nSPS) is 12.6. The Labute approximate surface area is 138 Å². The second-order valence-corrected chi connectivity index (χ2v) is 5.94. The highest BCUT2D eigenvalue weighted by Crippen LogP contribution is 2.20. The Morgan fingerprint density at radius 1 is 1.25 bits per heavy atom. The predicted octanol–water partition coefficient (Wildman–Crippen LogP) is 1.09. The molecule has 11 heteroatoms. The Balaban J connectivity index is 3.04. The first-order valence-corrected chi connectivity index (χ1v) is 8.06. The molecule has 0 spiro atoms. The zero-order valence-corrected chi connectivity index (χ0v) is 13.8. The van der Waals surface area contributed by atoms with Crippen molar-refractivity contribution in [2.45, 2.75) is 18.7 Å². The average Bonchev–Trinajstić information content (AvgIpc) is 2.46. The summed E-state index contributed by atoms with van der Waals surface area (Å²) in [5.74, 6) is -1.77. The number of hydrogen-bond donors (Lipinski definition) is 3. The van der Waals surface area contributed by atoms with Crippen molar-refractivity contribution < 1.29 is 23.1 Å². The standard InChI is InChI=1S/C13H17N5O5S/c1-3-23-12(20)11(8(2)19)17-16-9-4-6-10(7-5-9)24(21,22)18-13(14)15/h4-7,19H,3H2,1-2H3,(H4,14,15,18)/b11-8+,17-16?. The van der Waals surface area contributed by atoms with E-state index in [1.807, 2.05) is 0 Å². The van der Waals surface area contributed by atoms with Crippen molar-refractivity contribution in [3.05, 3.63) is 35.7 Å². The third-order valence-corrected chi connectivity index (χ3v) is 3.76. The van der Waals surface area contributed by atoms with Crippen molar-refractivity contribution in [1.82, 2.24) is 0 Å². The molecule has 0 aliphatic carbocycles. The van der Waals surface area contributed by atoms with E-state index in [0.29, 0.717) is 0 Å². The number of aliphatic hydroxyl groups excluding tert-OH is 1. The zero-order chi connectivity index (χ0) is 18.3. The van der Waals surface area contributed by atoms with Gasteiger partial charge < -0.3 is 21.3 Å². The predicted molar refractivity (Wildman–Crippen MR) is 85.9 cm³/mol. The van der Waals surface area contributed by atoms with Gasteiger partial charge in [-0.2, -0.15) is 13.5 Å². The van der Waals surface area contributed by atoms with Gasteiger partial charge in [0.25, 0.3) is 10.0 Å². The van der Waals surface area contributed by atoms with Gasteiger partial charge in [0.2, 0.25) is 11.7 Å². The number of allylic oxidation sites excluding steroid dienone is 1. The lowest BCUT2D eigenvalue weighted by atomic mass is 10.3. The molecule has 0 bridgehead atoms. The maximum atomic E-state index is 11.8. The Bertz CT molecular complexity index is 789. The van der Waals surface area contributed by atoms with E-state index in [9.17, 15) is 18.3 Å². The fraction of sp³-hybridized carbons (Fsp3) is 0.231. The Kier molecular flexibility index (Phi) is 6.41. The molecule has 1 rings (SSSR count). The number of carbonyl (C=O) groups is 1. The molecule has 1 aromatic carbocycles. The minimum atomic E-state index is -4.00. The molecule has 0 unspecified atom stereocenters. The third-order valence-electron chi connectivity index (χ3n) is 2.44. The van der Waals surface area contributed by atoms with Crippen LogP contribution in [0, 0.1) is 0 Å². The second-order valence-electron chi connectivity index (χ2n) is 4.34. The molecule has 0 fully saturated rings. The van der Waals surface area contributed by atoms with Gasteiger partial charge in [0.05, 0.1) is 17.2 Å². The van der Waals surface area contributed by atoms with Crippen LogP contribution < -0.4 is 11.5 Å². The number of carbonyl (C=O) groups excluding carboxylic acids is 1. The molecule has 1 aromatic rings. The van der Waals surface area contributed by atoms with Gasteiger partial charge in [-0.05, 0) is 38.1 Å². The van der Waals surface area contributed by atoms with Gasteiger partial charge in [-0.3, -0.25) is 0 Å². The number of aliphatic hydroxyl groups is 1. The van der Waals surface area contributed by atoms with Gasteiger partial charge >= 0.3 is 5.97 Å². The summed E-state index contributed by atoms with van der Waals surface area (Å²) in [6.45, 7) is 2.98. The number of rotatable bonds is 6. The van der Waals surface area contributed by atoms with Gasteiger partial charge in [0.1, 0.15) is 5.76 Å². The van der Waals surface area contributed by atoms with Gasteiger partial charge in [-0.25, -0.2) is 4.79 Å². The summed E-state index contributed by atoms with van der Waals surface area (Å²) in [7, 11) is -4.00. The highest BCUT2D eigenvalue weighted by molar-refractivity contribution is 7.90. The molecule has 0 aliphatic rings. The monoisotopic (exact) mass is 355 g/mol. The lowest BCUT2D eigenvalue weighted by Crippen LogP contribution is -2.24. The summed E-state index contributed by atoms with van der Waals surface area (Å²) in [5.41, 5.74) is 9.99. The van der Waals surface area contributed by atoms with Crippen LogP contribution in [0.4, 0.5) is 5.69 Å². The molecule has 0 saturated heterocycles. The lowest BCUT2D eigenvalue weighted by Gasteiger charge is -2.02. The fourth-order valence-electron chi connectivity index (χ4n) is 1.44. The third kappa shape index (κ3) is 5.35. The molecule has 0 aliphatic heterocycles. The Hall–Kier alpha value is -2.95. The van der Waals surface area contributed by atoms with E-state index in [2.05, 4.69) is 14.6 Å². The Morgan fingerprint density at radius 3 is 2.29 bits per heavy atom. The van der Waals surface area contributed by atoms with E-state index in [1.165, 1.54) is 31.2 Å². The quantitative estimate of drug-likeness (QED) is 0.171. The van der Waals surface area contributed by atoms with Crippen LogP contribution >= 0.6 is 0 Å². The van der Waals surface area contributed by atoms with E-state index in [0.717, 1.165) is 0 Å². The van der Waals surface area contributed by atoms with Crippen LogP contribution in [0.25, 0.3) is 0 Å². The lowest BCUT2D eigenvalue weighted by molar-refractivity contribution is -0.138. The van der Waals surface area contributed by atoms with Gasteiger partial charge in [-0.1, -0.05) is 0 Å². The summed E-state index contributed by atoms with van der Waals surface area (Å²) in [6.07, 6.45) is 0. The maximum absolute atomic E-state index is 11.8. The molecule has 0 radical (unpaired) electrons. The minimum absolute atomic E-state index is 0.114. The smallest absolute Gasteiger partial charge is 0.362 e. The van der Waals surface area contributed by atoms with Crippen molar-refractivity contribution >= 4 is 27.6 Å². The van der Waals surface area contributed by atoms with Gasteiger partial charge in [0.15, 0.2) is 0 Å². The summed E-state index contributed by atoms with van der Waals surface area (Å²) < 4.78 is 31.4. The molecule has 0 aromatic heterocycles. The molecular weight excluding hydrogens is 338 g/mol. The summed E-state index contributed by atoms with van der Waals surface area (Å²) in [4.78, 5) is 11.4. The molecule has 10 nitrogen and oxygen atoms in total. The molecule has 0 atom stereocenters. The van der Waals surface area contributed by atoms with Crippen LogP contribution in [0.1, 0.15) is 13.8 Å². The summed E-state index contributed by atoms with van der Waals surface area (Å²) in [5, 5.41) is 16.8. The first-order chi connectivity index (χ1) is 11.2. The van der Waals surface area contributed by atoms with E-state index in [4.69, 9.17) is 16.2 Å². The number of nitrogens with zero attached hydrogens (tertiary/aromatic N) is 3. The summed E-state index contributed by atoms with van der Waals surface area (Å²) in [6, 6.07) is 5.09. The first-order valence-electron chi connectivity index (χ1n) is 6.62. The van der Waals surface area contributed by atoms with Crippen LogP contribution in [0.2, 0.25) is 0 Å². The van der Waals surface area contributed by atoms with Crippen molar-refractivity contribution in [1.29, 1.82) is 0 Å². The minimum Gasteiger partial charge on any atom is -0.510 e. The van der Waals surface area contributed by atoms with Crippen molar-refractivity contribution in [3.8, 4) is 0 Å². The molecule has 0 amide bonds. The maximum Gasteiger partial charge on any atom is 0.362 e. The van der Waals surface area contributed by atoms with Gasteiger partial charge in [-0.15, -0.1) is 9.51 Å². The van der Waals surface area contributed by atoms with E-state index < -0.39 is 22.0 Å². The van der Waals surface area contributed by atoms with Crippen molar-refractivity contribution in [2.75, 3.05) is 6.61 Å². The zero-order valence-electron chi connectivity index (χ0n) is 13.0. The van der Waals surface area contributed by atoms with Crippen molar-refractivity contribution in [2.24, 2.45) is 26.1 Å². The van der Waals surface area contributed by atoms with Crippen LogP contribution in [-0.4, -0.2) is 32.1 Å². The summed E-state index contributed by atoms with van der Waals surface area (Å²) >= 11 is 0.